The van der Waals surface area contributed by atoms with Gasteiger partial charge in [0.15, 0.2) is 11.5 Å². The topological polar surface area (TPSA) is 68.8 Å². The highest BCUT2D eigenvalue weighted by atomic mass is 16.5. The van der Waals surface area contributed by atoms with E-state index in [4.69, 9.17) is 14.2 Å². The monoisotopic (exact) mass is 384 g/mol. The molecule has 2 N–H and O–H groups in total. The van der Waals surface area contributed by atoms with Crippen molar-refractivity contribution in [1.82, 2.24) is 5.32 Å². The Labute approximate surface area is 166 Å². The average molecular weight is 384 g/mol. The molecule has 0 heterocycles. The zero-order chi connectivity index (χ0) is 20.1. The molecule has 0 bridgehead atoms. The van der Waals surface area contributed by atoms with Gasteiger partial charge >= 0.3 is 0 Å². The number of benzene rings is 2. The van der Waals surface area contributed by atoms with Crippen LogP contribution in [-0.2, 0) is 11.2 Å². The lowest BCUT2D eigenvalue weighted by atomic mass is 9.87. The number of methoxy groups -OCH3 is 3. The van der Waals surface area contributed by atoms with E-state index in [2.05, 4.69) is 28.8 Å². The average Bonchev–Trinajstić information content (AvgIpc) is 2.73. The predicted octanol–water partition coefficient (Wildman–Crippen LogP) is 3.71. The molecule has 0 saturated carbocycles. The number of fused-ring (bicyclic) bond motifs is 1. The van der Waals surface area contributed by atoms with Gasteiger partial charge in [-0.15, -0.1) is 0 Å². The fraction of sp³-hybridized carbons (Fsp3) is 0.409. The quantitative estimate of drug-likeness (QED) is 0.762. The molecule has 6 nitrogen and oxygen atoms in total. The largest absolute Gasteiger partial charge is 0.493 e. The molecular weight excluding hydrogens is 356 g/mol. The molecular formula is C22H28N2O4. The highest BCUT2D eigenvalue weighted by molar-refractivity contribution is 5.85. The Morgan fingerprint density at radius 3 is 2.39 bits per heavy atom. The van der Waals surface area contributed by atoms with E-state index in [9.17, 15) is 4.79 Å². The summed E-state index contributed by atoms with van der Waals surface area (Å²) in [5.74, 6) is 1.55. The lowest BCUT2D eigenvalue weighted by Crippen LogP contribution is -2.40. The van der Waals surface area contributed by atoms with E-state index < -0.39 is 6.04 Å². The van der Waals surface area contributed by atoms with Crippen molar-refractivity contribution in [1.29, 1.82) is 0 Å². The Hall–Kier alpha value is -2.89. The van der Waals surface area contributed by atoms with Crippen molar-refractivity contribution in [2.24, 2.45) is 0 Å². The molecule has 0 unspecified atom stereocenters. The first kappa shape index (κ1) is 19.9. The van der Waals surface area contributed by atoms with Crippen molar-refractivity contribution in [2.45, 2.75) is 38.3 Å². The first-order valence-electron chi connectivity index (χ1n) is 9.52. The number of rotatable bonds is 7. The summed E-state index contributed by atoms with van der Waals surface area (Å²) in [6, 6.07) is 11.6. The smallest absolute Gasteiger partial charge is 0.242 e. The SMILES string of the molecule is COc1cc(N[C@@H](C)C(=O)N[C@H]2CCCc3ccccc32)cc(OC)c1OC. The number of anilines is 1. The molecule has 28 heavy (non-hydrogen) atoms. The third-order valence-electron chi connectivity index (χ3n) is 5.13. The van der Waals surface area contributed by atoms with E-state index in [1.807, 2.05) is 13.0 Å². The lowest BCUT2D eigenvalue weighted by Gasteiger charge is -2.28. The molecule has 6 heteroatoms. The second-order valence-corrected chi connectivity index (χ2v) is 6.93. The zero-order valence-electron chi connectivity index (χ0n) is 16.9. The van der Waals surface area contributed by atoms with E-state index in [1.54, 1.807) is 33.5 Å². The first-order valence-corrected chi connectivity index (χ1v) is 9.52. The van der Waals surface area contributed by atoms with Crippen LogP contribution in [-0.4, -0.2) is 33.3 Å². The van der Waals surface area contributed by atoms with Gasteiger partial charge in [0.25, 0.3) is 0 Å². The standard InChI is InChI=1S/C22H28N2O4/c1-14(23-16-12-19(26-2)21(28-4)20(13-16)27-3)22(25)24-18-11-7-9-15-8-5-6-10-17(15)18/h5-6,8,10,12-14,18,23H,7,9,11H2,1-4H3,(H,24,25)/t14-,18-/m0/s1. The van der Waals surface area contributed by atoms with Crippen LogP contribution in [0.15, 0.2) is 36.4 Å². The Balaban J connectivity index is 1.71. The van der Waals surface area contributed by atoms with Crippen LogP contribution in [0.5, 0.6) is 17.2 Å². The van der Waals surface area contributed by atoms with Crippen LogP contribution in [0, 0.1) is 0 Å². The Morgan fingerprint density at radius 2 is 1.75 bits per heavy atom. The van der Waals surface area contributed by atoms with Crippen molar-refractivity contribution >= 4 is 11.6 Å². The van der Waals surface area contributed by atoms with Crippen LogP contribution in [0.25, 0.3) is 0 Å². The second kappa shape index (κ2) is 8.87. The summed E-state index contributed by atoms with van der Waals surface area (Å²) in [5, 5.41) is 6.41. The van der Waals surface area contributed by atoms with Crippen LogP contribution in [0.1, 0.15) is 36.9 Å². The fourth-order valence-corrected chi connectivity index (χ4v) is 3.68. The lowest BCUT2D eigenvalue weighted by molar-refractivity contribution is -0.122. The van der Waals surface area contributed by atoms with Gasteiger partial charge in [-0.05, 0) is 37.3 Å². The normalized spacial score (nSPS) is 16.5. The molecule has 0 radical (unpaired) electrons. The van der Waals surface area contributed by atoms with Crippen LogP contribution in [0.4, 0.5) is 5.69 Å². The molecule has 0 aromatic heterocycles. The molecule has 2 aromatic carbocycles. The Kier molecular flexibility index (Phi) is 6.29. The summed E-state index contributed by atoms with van der Waals surface area (Å²) >= 11 is 0. The predicted molar refractivity (Wildman–Crippen MR) is 109 cm³/mol. The molecule has 0 aliphatic heterocycles. The number of carbonyl (C=O) groups is 1. The van der Waals surface area contributed by atoms with Crippen molar-refractivity contribution in [3.05, 3.63) is 47.5 Å². The van der Waals surface area contributed by atoms with E-state index >= 15 is 0 Å². The third kappa shape index (κ3) is 4.16. The maximum atomic E-state index is 12.8. The fourth-order valence-electron chi connectivity index (χ4n) is 3.68. The van der Waals surface area contributed by atoms with Gasteiger partial charge in [0.05, 0.1) is 27.4 Å². The van der Waals surface area contributed by atoms with Crippen molar-refractivity contribution in [3.63, 3.8) is 0 Å². The molecule has 0 spiro atoms. The minimum absolute atomic E-state index is 0.0459. The van der Waals surface area contributed by atoms with E-state index in [1.165, 1.54) is 11.1 Å². The van der Waals surface area contributed by atoms with Gasteiger partial charge in [0, 0.05) is 17.8 Å². The molecule has 150 valence electrons. The Bertz CT molecular complexity index is 812. The van der Waals surface area contributed by atoms with E-state index in [-0.39, 0.29) is 11.9 Å². The number of nitrogens with one attached hydrogen (secondary N) is 2. The van der Waals surface area contributed by atoms with Crippen LogP contribution in [0.3, 0.4) is 0 Å². The van der Waals surface area contributed by atoms with Crippen molar-refractivity contribution in [3.8, 4) is 17.2 Å². The summed E-state index contributed by atoms with van der Waals surface area (Å²) < 4.78 is 16.1. The summed E-state index contributed by atoms with van der Waals surface area (Å²) in [6.07, 6.45) is 3.11. The van der Waals surface area contributed by atoms with Gasteiger partial charge in [-0.2, -0.15) is 0 Å². The van der Waals surface area contributed by atoms with Gasteiger partial charge in [0.2, 0.25) is 11.7 Å². The van der Waals surface area contributed by atoms with Gasteiger partial charge in [0.1, 0.15) is 6.04 Å². The zero-order valence-corrected chi connectivity index (χ0v) is 16.9. The number of aryl methyl sites for hydroxylation is 1. The number of amides is 1. The van der Waals surface area contributed by atoms with Crippen LogP contribution in [0.2, 0.25) is 0 Å². The van der Waals surface area contributed by atoms with Gasteiger partial charge in [-0.1, -0.05) is 24.3 Å². The first-order chi connectivity index (χ1) is 13.6. The molecule has 2 aromatic rings. The number of hydrogen-bond donors (Lipinski definition) is 2. The molecule has 3 rings (SSSR count). The summed E-state index contributed by atoms with van der Waals surface area (Å²) in [7, 11) is 4.70. The third-order valence-corrected chi connectivity index (χ3v) is 5.13. The maximum absolute atomic E-state index is 12.8. The summed E-state index contributed by atoms with van der Waals surface area (Å²) in [4.78, 5) is 12.8. The van der Waals surface area contributed by atoms with Crippen molar-refractivity contribution in [2.75, 3.05) is 26.6 Å². The highest BCUT2D eigenvalue weighted by Crippen LogP contribution is 2.40. The minimum atomic E-state index is -0.420. The van der Waals surface area contributed by atoms with Gasteiger partial charge < -0.3 is 24.8 Å². The highest BCUT2D eigenvalue weighted by Gasteiger charge is 2.24. The molecule has 1 aliphatic rings. The summed E-state index contributed by atoms with van der Waals surface area (Å²) in [5.41, 5.74) is 3.27. The Morgan fingerprint density at radius 1 is 1.07 bits per heavy atom. The molecule has 1 aliphatic carbocycles. The molecule has 0 saturated heterocycles. The van der Waals surface area contributed by atoms with Crippen LogP contribution >= 0.6 is 0 Å². The number of ether oxygens (including phenoxy) is 3. The van der Waals surface area contributed by atoms with E-state index in [0.717, 1.165) is 24.9 Å². The molecule has 0 fully saturated rings. The second-order valence-electron chi connectivity index (χ2n) is 6.93. The van der Waals surface area contributed by atoms with Gasteiger partial charge in [-0.25, -0.2) is 0 Å². The number of carbonyl (C=O) groups excluding carboxylic acids is 1. The molecule has 1 amide bonds. The van der Waals surface area contributed by atoms with E-state index in [0.29, 0.717) is 17.2 Å². The minimum Gasteiger partial charge on any atom is -0.493 e. The number of hydrogen-bond acceptors (Lipinski definition) is 5. The molecule has 2 atom stereocenters. The maximum Gasteiger partial charge on any atom is 0.242 e. The van der Waals surface area contributed by atoms with Gasteiger partial charge in [-0.3, -0.25) is 4.79 Å². The van der Waals surface area contributed by atoms with Crippen LogP contribution < -0.4 is 24.8 Å². The summed E-state index contributed by atoms with van der Waals surface area (Å²) in [6.45, 7) is 1.84. The van der Waals surface area contributed by atoms with Crippen molar-refractivity contribution < 1.29 is 19.0 Å².